The Hall–Kier alpha value is -0.500. The molecule has 0 fully saturated rings. The van der Waals surface area contributed by atoms with Gasteiger partial charge in [-0.2, -0.15) is 0 Å². The summed E-state index contributed by atoms with van der Waals surface area (Å²) in [6.07, 6.45) is 1.49. The van der Waals surface area contributed by atoms with E-state index in [4.69, 9.17) is 16.7 Å². The molecule has 0 saturated carbocycles. The zero-order chi connectivity index (χ0) is 7.44. The Labute approximate surface area is 59.1 Å². The highest BCUT2D eigenvalue weighted by atomic mass is 35.5. The third kappa shape index (κ3) is 4.03. The second-order valence-electron chi connectivity index (χ2n) is 2.06. The van der Waals surface area contributed by atoms with E-state index in [2.05, 4.69) is 0 Å². The van der Waals surface area contributed by atoms with Crippen LogP contribution in [0, 0.1) is 5.92 Å². The molecule has 2 nitrogen and oxygen atoms in total. The van der Waals surface area contributed by atoms with Crippen LogP contribution in [0.15, 0.2) is 11.1 Å². The summed E-state index contributed by atoms with van der Waals surface area (Å²) in [6.45, 7) is 3.73. The highest BCUT2D eigenvalue weighted by molar-refractivity contribution is 6.40. The molecule has 0 rings (SSSR count). The monoisotopic (exact) mass is 148 g/mol. The van der Waals surface area contributed by atoms with Gasteiger partial charge in [-0.3, -0.25) is 0 Å². The first-order chi connectivity index (χ1) is 4.04. The van der Waals surface area contributed by atoms with Crippen LogP contribution in [-0.4, -0.2) is 11.1 Å². The number of rotatable bonds is 2. The maximum absolute atomic E-state index is 10.0. The summed E-state index contributed by atoms with van der Waals surface area (Å²) < 4.78 is 0. The van der Waals surface area contributed by atoms with Crippen molar-refractivity contribution >= 4 is 17.6 Å². The van der Waals surface area contributed by atoms with Gasteiger partial charge in [0, 0.05) is 0 Å². The van der Waals surface area contributed by atoms with Crippen LogP contribution in [0.25, 0.3) is 0 Å². The molecule has 0 aliphatic heterocycles. The molecule has 0 amide bonds. The standard InChI is InChI=1S/C6H9ClO2/c1-4(2)3-5(7)6(8)9/h3-4H,1-2H3,(H,8,9). The van der Waals surface area contributed by atoms with Gasteiger partial charge < -0.3 is 5.11 Å². The molecule has 0 saturated heterocycles. The van der Waals surface area contributed by atoms with Crippen molar-refractivity contribution in [3.8, 4) is 0 Å². The van der Waals surface area contributed by atoms with E-state index in [1.54, 1.807) is 0 Å². The predicted molar refractivity (Wildman–Crippen MR) is 36.4 cm³/mol. The highest BCUT2D eigenvalue weighted by Gasteiger charge is 2.01. The number of halogens is 1. The van der Waals surface area contributed by atoms with Gasteiger partial charge in [0.15, 0.2) is 0 Å². The van der Waals surface area contributed by atoms with E-state index < -0.39 is 5.97 Å². The molecular weight excluding hydrogens is 140 g/mol. The number of carbonyl (C=O) groups is 1. The minimum Gasteiger partial charge on any atom is -0.477 e. The summed E-state index contributed by atoms with van der Waals surface area (Å²) in [6, 6.07) is 0. The molecule has 0 aromatic rings. The fourth-order valence-electron chi connectivity index (χ4n) is 0.364. The Morgan fingerprint density at radius 2 is 2.11 bits per heavy atom. The molecule has 0 aromatic heterocycles. The van der Waals surface area contributed by atoms with E-state index in [-0.39, 0.29) is 11.0 Å². The molecule has 0 spiro atoms. The lowest BCUT2D eigenvalue weighted by Gasteiger charge is -1.93. The van der Waals surface area contributed by atoms with Gasteiger partial charge in [-0.1, -0.05) is 31.5 Å². The first kappa shape index (κ1) is 8.50. The van der Waals surface area contributed by atoms with Crippen molar-refractivity contribution in [2.24, 2.45) is 5.92 Å². The predicted octanol–water partition coefficient (Wildman–Crippen LogP) is 1.85. The summed E-state index contributed by atoms with van der Waals surface area (Å²) >= 11 is 5.27. The molecule has 0 bridgehead atoms. The number of hydrogen-bond donors (Lipinski definition) is 1. The zero-order valence-corrected chi connectivity index (χ0v) is 6.14. The Morgan fingerprint density at radius 3 is 2.22 bits per heavy atom. The summed E-state index contributed by atoms with van der Waals surface area (Å²) in [7, 11) is 0. The van der Waals surface area contributed by atoms with Crippen LogP contribution in [-0.2, 0) is 4.79 Å². The van der Waals surface area contributed by atoms with Crippen molar-refractivity contribution in [1.82, 2.24) is 0 Å². The van der Waals surface area contributed by atoms with Crippen molar-refractivity contribution in [2.45, 2.75) is 13.8 Å². The number of allylic oxidation sites excluding steroid dienone is 1. The first-order valence-corrected chi connectivity index (χ1v) is 3.02. The molecule has 0 aliphatic carbocycles. The van der Waals surface area contributed by atoms with Crippen LogP contribution in [0.1, 0.15) is 13.8 Å². The number of aliphatic carboxylic acids is 1. The lowest BCUT2D eigenvalue weighted by molar-refractivity contribution is -0.131. The van der Waals surface area contributed by atoms with Crippen molar-refractivity contribution < 1.29 is 9.90 Å². The molecule has 1 N–H and O–H groups in total. The van der Waals surface area contributed by atoms with Crippen LogP contribution >= 0.6 is 11.6 Å². The molecule has 0 unspecified atom stereocenters. The third-order valence-corrected chi connectivity index (χ3v) is 0.972. The molecule has 0 atom stereocenters. The summed E-state index contributed by atoms with van der Waals surface area (Å²) in [5, 5.41) is 8.12. The summed E-state index contributed by atoms with van der Waals surface area (Å²) in [5.74, 6) is -0.876. The van der Waals surface area contributed by atoms with Gasteiger partial charge in [0.2, 0.25) is 0 Å². The van der Waals surface area contributed by atoms with E-state index in [1.165, 1.54) is 6.08 Å². The van der Waals surface area contributed by atoms with E-state index in [9.17, 15) is 4.79 Å². The fraction of sp³-hybridized carbons (Fsp3) is 0.500. The second kappa shape index (κ2) is 3.51. The van der Waals surface area contributed by atoms with E-state index in [0.717, 1.165) is 0 Å². The lowest BCUT2D eigenvalue weighted by atomic mass is 10.2. The number of carboxylic acid groups (broad SMARTS) is 1. The average molecular weight is 149 g/mol. The van der Waals surface area contributed by atoms with E-state index in [1.807, 2.05) is 13.8 Å². The van der Waals surface area contributed by atoms with Crippen LogP contribution < -0.4 is 0 Å². The first-order valence-electron chi connectivity index (χ1n) is 2.64. The Morgan fingerprint density at radius 1 is 1.67 bits per heavy atom. The van der Waals surface area contributed by atoms with Crippen LogP contribution in [0.5, 0.6) is 0 Å². The molecule has 3 heteroatoms. The van der Waals surface area contributed by atoms with Gasteiger partial charge in [0.1, 0.15) is 5.03 Å². The van der Waals surface area contributed by atoms with Gasteiger partial charge >= 0.3 is 5.97 Å². The van der Waals surface area contributed by atoms with Crippen LogP contribution in [0.4, 0.5) is 0 Å². The van der Waals surface area contributed by atoms with Crippen molar-refractivity contribution in [2.75, 3.05) is 0 Å². The maximum atomic E-state index is 10.0. The molecule has 9 heavy (non-hydrogen) atoms. The Balaban J connectivity index is 4.00. The Kier molecular flexibility index (Phi) is 3.32. The Bertz CT molecular complexity index is 138. The molecule has 52 valence electrons. The molecular formula is C6H9ClO2. The van der Waals surface area contributed by atoms with Crippen molar-refractivity contribution in [3.05, 3.63) is 11.1 Å². The van der Waals surface area contributed by atoms with Gasteiger partial charge in [-0.25, -0.2) is 4.79 Å². The molecule has 0 radical (unpaired) electrons. The average Bonchev–Trinajstić information content (AvgIpc) is 1.63. The minimum absolute atomic E-state index is 0.106. The quantitative estimate of drug-likeness (QED) is 0.607. The van der Waals surface area contributed by atoms with Gasteiger partial charge in [0.25, 0.3) is 0 Å². The summed E-state index contributed by atoms with van der Waals surface area (Å²) in [4.78, 5) is 10.0. The highest BCUT2D eigenvalue weighted by Crippen LogP contribution is 2.05. The topological polar surface area (TPSA) is 37.3 Å². The number of hydrogen-bond acceptors (Lipinski definition) is 1. The maximum Gasteiger partial charge on any atom is 0.346 e. The van der Waals surface area contributed by atoms with Gasteiger partial charge in [-0.05, 0) is 5.92 Å². The zero-order valence-electron chi connectivity index (χ0n) is 5.39. The van der Waals surface area contributed by atoms with Crippen LogP contribution in [0.3, 0.4) is 0 Å². The minimum atomic E-state index is -1.06. The third-order valence-electron chi connectivity index (χ3n) is 0.684. The summed E-state index contributed by atoms with van der Waals surface area (Å²) in [5.41, 5.74) is 0. The second-order valence-corrected chi connectivity index (χ2v) is 2.47. The van der Waals surface area contributed by atoms with E-state index in [0.29, 0.717) is 0 Å². The fourth-order valence-corrected chi connectivity index (χ4v) is 0.616. The molecule has 0 aliphatic rings. The van der Waals surface area contributed by atoms with Crippen molar-refractivity contribution in [1.29, 1.82) is 0 Å². The van der Waals surface area contributed by atoms with Crippen LogP contribution in [0.2, 0.25) is 0 Å². The smallest absolute Gasteiger partial charge is 0.346 e. The molecule has 0 aromatic carbocycles. The largest absolute Gasteiger partial charge is 0.477 e. The normalized spacial score (nSPS) is 12.2. The lowest BCUT2D eigenvalue weighted by Crippen LogP contribution is -1.95. The van der Waals surface area contributed by atoms with Gasteiger partial charge in [0.05, 0.1) is 0 Å². The van der Waals surface area contributed by atoms with Gasteiger partial charge in [-0.15, -0.1) is 0 Å². The molecule has 0 heterocycles. The van der Waals surface area contributed by atoms with E-state index >= 15 is 0 Å². The SMILES string of the molecule is CC(C)C=C(Cl)C(=O)O. The van der Waals surface area contributed by atoms with Crippen molar-refractivity contribution in [3.63, 3.8) is 0 Å². The number of carboxylic acids is 1.